The van der Waals surface area contributed by atoms with E-state index in [9.17, 15) is 9.59 Å². The van der Waals surface area contributed by atoms with Crippen molar-refractivity contribution in [3.8, 4) is 0 Å². The fourth-order valence-corrected chi connectivity index (χ4v) is 3.00. The summed E-state index contributed by atoms with van der Waals surface area (Å²) in [5, 5.41) is 2.85. The zero-order valence-electron chi connectivity index (χ0n) is 17.0. The number of hydrogen-bond acceptors (Lipinski definition) is 6. The maximum atomic E-state index is 11.9. The molecule has 0 aromatic heterocycles. The lowest BCUT2D eigenvalue weighted by atomic mass is 9.93. The summed E-state index contributed by atoms with van der Waals surface area (Å²) in [6.07, 6.45) is 6.61. The molecule has 0 aliphatic heterocycles. The first-order chi connectivity index (χ1) is 13.2. The third kappa shape index (κ3) is 12.1. The monoisotopic (exact) mass is 387 g/mol. The normalized spacial score (nSPS) is 19.8. The number of ether oxygens (including phenoxy) is 4. The van der Waals surface area contributed by atoms with E-state index in [1.165, 1.54) is 0 Å². The van der Waals surface area contributed by atoms with Crippen molar-refractivity contribution >= 4 is 11.7 Å². The molecule has 1 amide bonds. The van der Waals surface area contributed by atoms with Gasteiger partial charge in [0.05, 0.1) is 32.5 Å². The number of methoxy groups -OCH3 is 1. The lowest BCUT2D eigenvalue weighted by molar-refractivity contribution is -0.138. The second-order valence-electron chi connectivity index (χ2n) is 6.90. The largest absolute Gasteiger partial charge is 0.381 e. The minimum absolute atomic E-state index is 0.101. The average molecular weight is 388 g/mol. The Kier molecular flexibility index (Phi) is 14.2. The van der Waals surface area contributed by atoms with Gasteiger partial charge >= 0.3 is 0 Å². The maximum Gasteiger partial charge on any atom is 0.287 e. The van der Waals surface area contributed by atoms with Gasteiger partial charge in [-0.2, -0.15) is 0 Å². The number of unbranched alkanes of at least 4 members (excludes halogenated alkanes) is 1. The third-order valence-corrected chi connectivity index (χ3v) is 4.63. The third-order valence-electron chi connectivity index (χ3n) is 4.63. The van der Waals surface area contributed by atoms with E-state index in [1.807, 2.05) is 0 Å². The van der Waals surface area contributed by atoms with Crippen molar-refractivity contribution in [1.82, 2.24) is 5.32 Å². The molecule has 1 N–H and O–H groups in total. The van der Waals surface area contributed by atoms with Gasteiger partial charge in [0.2, 0.25) is 5.78 Å². The molecule has 1 rings (SSSR count). The van der Waals surface area contributed by atoms with Crippen LogP contribution in [0.3, 0.4) is 0 Å². The van der Waals surface area contributed by atoms with E-state index in [4.69, 9.17) is 18.9 Å². The maximum absolute atomic E-state index is 11.9. The first kappa shape index (κ1) is 24.0. The van der Waals surface area contributed by atoms with E-state index in [0.717, 1.165) is 45.1 Å². The van der Waals surface area contributed by atoms with Crippen molar-refractivity contribution in [2.24, 2.45) is 0 Å². The van der Waals surface area contributed by atoms with Crippen LogP contribution in [0.25, 0.3) is 0 Å². The van der Waals surface area contributed by atoms with Crippen molar-refractivity contribution in [2.45, 2.75) is 70.4 Å². The SMILES string of the molecule is CCCOCCOCCOCCCCC(=O)C(=O)NC1CCC(OC)CC1. The molecule has 1 aliphatic rings. The van der Waals surface area contributed by atoms with E-state index in [0.29, 0.717) is 39.5 Å². The average Bonchev–Trinajstić information content (AvgIpc) is 2.69. The molecular weight excluding hydrogens is 350 g/mol. The van der Waals surface area contributed by atoms with Crippen LogP contribution in [0.15, 0.2) is 0 Å². The standard InChI is InChI=1S/C20H37NO6/c1-3-11-25-13-15-27-16-14-26-12-5-4-6-19(22)20(23)21-17-7-9-18(24-2)10-8-17/h17-18H,3-16H2,1-2H3,(H,21,23). The Hall–Kier alpha value is -1.02. The van der Waals surface area contributed by atoms with Crippen LogP contribution in [-0.2, 0) is 28.5 Å². The fourth-order valence-electron chi connectivity index (χ4n) is 3.00. The number of carbonyl (C=O) groups is 2. The molecule has 0 radical (unpaired) electrons. The van der Waals surface area contributed by atoms with Crippen LogP contribution in [0.1, 0.15) is 58.3 Å². The van der Waals surface area contributed by atoms with E-state index in [2.05, 4.69) is 12.2 Å². The molecule has 0 atom stereocenters. The molecule has 7 heteroatoms. The van der Waals surface area contributed by atoms with Gasteiger partial charge in [0, 0.05) is 32.8 Å². The van der Waals surface area contributed by atoms with Gasteiger partial charge in [-0.05, 0) is 44.9 Å². The Labute approximate surface area is 163 Å². The van der Waals surface area contributed by atoms with Crippen molar-refractivity contribution in [1.29, 1.82) is 0 Å². The molecule has 0 saturated heterocycles. The molecule has 0 aromatic rings. The number of amides is 1. The Morgan fingerprint density at radius 3 is 2.04 bits per heavy atom. The Morgan fingerprint density at radius 1 is 0.852 bits per heavy atom. The molecule has 0 unspecified atom stereocenters. The highest BCUT2D eigenvalue weighted by molar-refractivity contribution is 6.36. The molecule has 0 bridgehead atoms. The molecule has 27 heavy (non-hydrogen) atoms. The fraction of sp³-hybridized carbons (Fsp3) is 0.900. The van der Waals surface area contributed by atoms with Crippen molar-refractivity contribution < 1.29 is 28.5 Å². The zero-order chi connectivity index (χ0) is 19.7. The first-order valence-corrected chi connectivity index (χ1v) is 10.3. The number of rotatable bonds is 16. The number of ketones is 1. The van der Waals surface area contributed by atoms with Crippen LogP contribution in [0, 0.1) is 0 Å². The van der Waals surface area contributed by atoms with Crippen LogP contribution in [0.5, 0.6) is 0 Å². The van der Waals surface area contributed by atoms with E-state index < -0.39 is 5.91 Å². The minimum atomic E-state index is -0.449. The zero-order valence-corrected chi connectivity index (χ0v) is 17.0. The molecule has 0 aromatic carbocycles. The summed E-state index contributed by atoms with van der Waals surface area (Å²) >= 11 is 0. The predicted molar refractivity (Wildman–Crippen MR) is 103 cm³/mol. The molecular formula is C20H37NO6. The predicted octanol–water partition coefficient (Wildman–Crippen LogP) is 2.26. The van der Waals surface area contributed by atoms with E-state index in [1.54, 1.807) is 7.11 Å². The topological polar surface area (TPSA) is 83.1 Å². The highest BCUT2D eigenvalue weighted by Crippen LogP contribution is 2.20. The Bertz CT molecular complexity index is 396. The Balaban J connectivity index is 1.91. The number of carbonyl (C=O) groups excluding carboxylic acids is 2. The molecule has 0 heterocycles. The van der Waals surface area contributed by atoms with Gasteiger partial charge < -0.3 is 24.3 Å². The highest BCUT2D eigenvalue weighted by Gasteiger charge is 2.24. The quantitative estimate of drug-likeness (QED) is 0.323. The second-order valence-corrected chi connectivity index (χ2v) is 6.90. The molecule has 0 spiro atoms. The number of Topliss-reactive ketones (excluding diaryl/α,β-unsaturated/α-hetero) is 1. The van der Waals surface area contributed by atoms with Crippen LogP contribution in [0.2, 0.25) is 0 Å². The molecule has 1 saturated carbocycles. The molecule has 7 nitrogen and oxygen atoms in total. The Morgan fingerprint density at radius 2 is 1.44 bits per heavy atom. The summed E-state index contributed by atoms with van der Waals surface area (Å²) in [5.74, 6) is -0.783. The van der Waals surface area contributed by atoms with Crippen molar-refractivity contribution in [2.75, 3.05) is 46.8 Å². The van der Waals surface area contributed by atoms with Gasteiger partial charge in [-0.1, -0.05) is 6.92 Å². The van der Waals surface area contributed by atoms with Gasteiger partial charge in [-0.3, -0.25) is 9.59 Å². The van der Waals surface area contributed by atoms with E-state index >= 15 is 0 Å². The van der Waals surface area contributed by atoms with Crippen molar-refractivity contribution in [3.05, 3.63) is 0 Å². The second kappa shape index (κ2) is 16.0. The first-order valence-electron chi connectivity index (χ1n) is 10.3. The summed E-state index contributed by atoms with van der Waals surface area (Å²) in [6, 6.07) is 0.101. The summed E-state index contributed by atoms with van der Waals surface area (Å²) in [7, 11) is 1.72. The summed E-state index contributed by atoms with van der Waals surface area (Å²) in [4.78, 5) is 23.9. The molecule has 1 fully saturated rings. The smallest absolute Gasteiger partial charge is 0.287 e. The summed E-state index contributed by atoms with van der Waals surface area (Å²) < 4.78 is 21.5. The van der Waals surface area contributed by atoms with Crippen LogP contribution < -0.4 is 5.32 Å². The van der Waals surface area contributed by atoms with Crippen LogP contribution in [-0.4, -0.2) is 70.6 Å². The van der Waals surface area contributed by atoms with Gasteiger partial charge in [0.15, 0.2) is 0 Å². The minimum Gasteiger partial charge on any atom is -0.381 e. The van der Waals surface area contributed by atoms with Gasteiger partial charge in [-0.25, -0.2) is 0 Å². The molecule has 158 valence electrons. The van der Waals surface area contributed by atoms with Crippen LogP contribution in [0.4, 0.5) is 0 Å². The molecule has 1 aliphatic carbocycles. The lowest BCUT2D eigenvalue weighted by Gasteiger charge is -2.27. The van der Waals surface area contributed by atoms with Gasteiger partial charge in [0.1, 0.15) is 0 Å². The van der Waals surface area contributed by atoms with Gasteiger partial charge in [-0.15, -0.1) is 0 Å². The number of nitrogens with one attached hydrogen (secondary N) is 1. The van der Waals surface area contributed by atoms with E-state index in [-0.39, 0.29) is 24.3 Å². The summed E-state index contributed by atoms with van der Waals surface area (Å²) in [6.45, 7) is 5.69. The number of hydrogen-bond donors (Lipinski definition) is 1. The van der Waals surface area contributed by atoms with Gasteiger partial charge in [0.25, 0.3) is 5.91 Å². The lowest BCUT2D eigenvalue weighted by Crippen LogP contribution is -2.42. The van der Waals surface area contributed by atoms with Crippen molar-refractivity contribution in [3.63, 3.8) is 0 Å². The highest BCUT2D eigenvalue weighted by atomic mass is 16.5. The van der Waals surface area contributed by atoms with Crippen LogP contribution >= 0.6 is 0 Å². The summed E-state index contributed by atoms with van der Waals surface area (Å²) in [5.41, 5.74) is 0.